The second-order valence-electron chi connectivity index (χ2n) is 4.57. The van der Waals surface area contributed by atoms with Gasteiger partial charge in [-0.1, -0.05) is 40.2 Å². The van der Waals surface area contributed by atoms with Crippen molar-refractivity contribution in [3.05, 3.63) is 59.1 Å². The number of hydrogen-bond donors (Lipinski definition) is 1. The average molecular weight is 333 g/mol. The van der Waals surface area contributed by atoms with Crippen molar-refractivity contribution in [1.29, 1.82) is 0 Å². The zero-order chi connectivity index (χ0) is 14.4. The van der Waals surface area contributed by atoms with Gasteiger partial charge in [0.1, 0.15) is 0 Å². The Hall–Kier alpha value is -1.81. The molecule has 3 nitrogen and oxygen atoms in total. The van der Waals surface area contributed by atoms with Crippen molar-refractivity contribution in [2.45, 2.75) is 6.42 Å². The van der Waals surface area contributed by atoms with E-state index in [1.165, 1.54) is 0 Å². The summed E-state index contributed by atoms with van der Waals surface area (Å²) in [6.07, 6.45) is 0.456. The van der Waals surface area contributed by atoms with Crippen LogP contribution in [-0.2, 0) is 4.79 Å². The molecule has 0 spiro atoms. The van der Waals surface area contributed by atoms with Crippen molar-refractivity contribution in [2.75, 3.05) is 23.8 Å². The van der Waals surface area contributed by atoms with Crippen molar-refractivity contribution < 1.29 is 4.79 Å². The summed E-state index contributed by atoms with van der Waals surface area (Å²) in [6.45, 7) is 0.684. The van der Waals surface area contributed by atoms with Gasteiger partial charge < -0.3 is 10.2 Å². The lowest BCUT2D eigenvalue weighted by Gasteiger charge is -2.18. The molecule has 0 unspecified atom stereocenters. The van der Waals surface area contributed by atoms with Crippen LogP contribution >= 0.6 is 15.9 Å². The maximum atomic E-state index is 11.9. The highest BCUT2D eigenvalue weighted by Crippen LogP contribution is 2.16. The fourth-order valence-corrected chi connectivity index (χ4v) is 2.27. The van der Waals surface area contributed by atoms with E-state index in [0.717, 1.165) is 15.8 Å². The molecule has 1 amide bonds. The number of amides is 1. The van der Waals surface area contributed by atoms with E-state index in [-0.39, 0.29) is 5.91 Å². The molecule has 104 valence electrons. The Balaban J connectivity index is 1.83. The first-order valence-electron chi connectivity index (χ1n) is 6.47. The predicted molar refractivity (Wildman–Crippen MR) is 87.1 cm³/mol. The minimum atomic E-state index is 0.0193. The zero-order valence-corrected chi connectivity index (χ0v) is 12.9. The Kier molecular flexibility index (Phi) is 5.18. The van der Waals surface area contributed by atoms with Crippen LogP contribution < -0.4 is 10.2 Å². The molecule has 0 aliphatic carbocycles. The molecule has 4 heteroatoms. The summed E-state index contributed by atoms with van der Waals surface area (Å²) in [6, 6.07) is 17.6. The lowest BCUT2D eigenvalue weighted by molar-refractivity contribution is -0.116. The second kappa shape index (κ2) is 7.10. The van der Waals surface area contributed by atoms with E-state index in [1.807, 2.05) is 61.6 Å². The highest BCUT2D eigenvalue weighted by molar-refractivity contribution is 9.10. The van der Waals surface area contributed by atoms with Crippen molar-refractivity contribution in [3.63, 3.8) is 0 Å². The van der Waals surface area contributed by atoms with Crippen LogP contribution in [-0.4, -0.2) is 19.5 Å². The molecule has 2 aromatic rings. The molecule has 1 N–H and O–H groups in total. The Bertz CT molecular complexity index is 572. The number of rotatable bonds is 5. The summed E-state index contributed by atoms with van der Waals surface area (Å²) in [4.78, 5) is 14.0. The number of para-hydroxylation sites is 1. The van der Waals surface area contributed by atoms with Crippen molar-refractivity contribution in [2.24, 2.45) is 0 Å². The SMILES string of the molecule is CN(CCC(=O)Nc1cccc(Br)c1)c1ccccc1. The van der Waals surface area contributed by atoms with E-state index >= 15 is 0 Å². The second-order valence-corrected chi connectivity index (χ2v) is 5.48. The fraction of sp³-hybridized carbons (Fsp3) is 0.188. The quantitative estimate of drug-likeness (QED) is 0.900. The number of carbonyl (C=O) groups excluding carboxylic acids is 1. The van der Waals surface area contributed by atoms with E-state index in [9.17, 15) is 4.79 Å². The molecule has 0 heterocycles. The van der Waals surface area contributed by atoms with Gasteiger partial charge in [-0.25, -0.2) is 0 Å². The maximum Gasteiger partial charge on any atom is 0.226 e. The van der Waals surface area contributed by atoms with Gasteiger partial charge in [0.05, 0.1) is 0 Å². The van der Waals surface area contributed by atoms with Crippen LogP contribution in [0.3, 0.4) is 0 Å². The first kappa shape index (κ1) is 14.6. The number of benzene rings is 2. The van der Waals surface area contributed by atoms with Gasteiger partial charge in [0, 0.05) is 35.9 Å². The zero-order valence-electron chi connectivity index (χ0n) is 11.3. The first-order valence-corrected chi connectivity index (χ1v) is 7.26. The molecule has 0 saturated heterocycles. The van der Waals surface area contributed by atoms with Gasteiger partial charge in [-0.15, -0.1) is 0 Å². The van der Waals surface area contributed by atoms with Crippen LogP contribution in [0.1, 0.15) is 6.42 Å². The summed E-state index contributed by atoms with van der Waals surface area (Å²) in [5.74, 6) is 0.0193. The fourth-order valence-electron chi connectivity index (χ4n) is 1.87. The van der Waals surface area contributed by atoms with Crippen LogP contribution in [0.25, 0.3) is 0 Å². The predicted octanol–water partition coefficient (Wildman–Crippen LogP) is 3.91. The van der Waals surface area contributed by atoms with Gasteiger partial charge >= 0.3 is 0 Å². The maximum absolute atomic E-state index is 11.9. The molecule has 2 aromatic carbocycles. The lowest BCUT2D eigenvalue weighted by Crippen LogP contribution is -2.23. The van der Waals surface area contributed by atoms with Crippen LogP contribution in [0.5, 0.6) is 0 Å². The minimum absolute atomic E-state index is 0.0193. The highest BCUT2D eigenvalue weighted by Gasteiger charge is 2.06. The Morgan fingerprint density at radius 3 is 2.60 bits per heavy atom. The van der Waals surface area contributed by atoms with E-state index in [2.05, 4.69) is 26.1 Å². The number of nitrogens with one attached hydrogen (secondary N) is 1. The topological polar surface area (TPSA) is 32.3 Å². The molecule has 0 radical (unpaired) electrons. The average Bonchev–Trinajstić information content (AvgIpc) is 2.46. The van der Waals surface area contributed by atoms with Crippen LogP contribution in [0, 0.1) is 0 Å². The number of anilines is 2. The smallest absolute Gasteiger partial charge is 0.226 e. The molecule has 0 aromatic heterocycles. The first-order chi connectivity index (χ1) is 9.65. The van der Waals surface area contributed by atoms with E-state index in [0.29, 0.717) is 13.0 Å². The summed E-state index contributed by atoms with van der Waals surface area (Å²) in [7, 11) is 1.99. The molecule has 2 rings (SSSR count). The Labute approximate surface area is 127 Å². The molecular weight excluding hydrogens is 316 g/mol. The van der Waals surface area contributed by atoms with Crippen LogP contribution in [0.4, 0.5) is 11.4 Å². The van der Waals surface area contributed by atoms with Crippen molar-refractivity contribution in [3.8, 4) is 0 Å². The van der Waals surface area contributed by atoms with Crippen LogP contribution in [0.15, 0.2) is 59.1 Å². The van der Waals surface area contributed by atoms with E-state index in [4.69, 9.17) is 0 Å². The van der Waals surface area contributed by atoms with Crippen molar-refractivity contribution >= 4 is 33.2 Å². The molecule has 0 fully saturated rings. The lowest BCUT2D eigenvalue weighted by atomic mass is 10.2. The Morgan fingerprint density at radius 1 is 1.15 bits per heavy atom. The number of halogens is 1. The molecule has 0 aliphatic heterocycles. The molecular formula is C16H17BrN2O. The molecule has 20 heavy (non-hydrogen) atoms. The summed E-state index contributed by atoms with van der Waals surface area (Å²) in [5, 5.41) is 2.89. The highest BCUT2D eigenvalue weighted by atomic mass is 79.9. The van der Waals surface area contributed by atoms with Gasteiger partial charge in [0.15, 0.2) is 0 Å². The largest absolute Gasteiger partial charge is 0.374 e. The third kappa shape index (κ3) is 4.38. The van der Waals surface area contributed by atoms with Gasteiger partial charge in [0.25, 0.3) is 0 Å². The molecule has 0 bridgehead atoms. The minimum Gasteiger partial charge on any atom is -0.374 e. The third-order valence-corrected chi connectivity index (χ3v) is 3.47. The van der Waals surface area contributed by atoms with E-state index < -0.39 is 0 Å². The van der Waals surface area contributed by atoms with Gasteiger partial charge in [0.2, 0.25) is 5.91 Å². The van der Waals surface area contributed by atoms with Gasteiger partial charge in [-0.3, -0.25) is 4.79 Å². The Morgan fingerprint density at radius 2 is 1.90 bits per heavy atom. The summed E-state index contributed by atoms with van der Waals surface area (Å²) in [5.41, 5.74) is 1.93. The number of hydrogen-bond acceptors (Lipinski definition) is 2. The number of carbonyl (C=O) groups is 1. The van der Waals surface area contributed by atoms with Gasteiger partial charge in [-0.05, 0) is 30.3 Å². The molecule has 0 aliphatic rings. The normalized spacial score (nSPS) is 10.1. The molecule has 0 atom stereocenters. The monoisotopic (exact) mass is 332 g/mol. The number of nitrogens with zero attached hydrogens (tertiary/aromatic N) is 1. The summed E-state index contributed by atoms with van der Waals surface area (Å²) < 4.78 is 0.955. The van der Waals surface area contributed by atoms with Crippen LogP contribution in [0.2, 0.25) is 0 Å². The van der Waals surface area contributed by atoms with Gasteiger partial charge in [-0.2, -0.15) is 0 Å². The standard InChI is InChI=1S/C16H17BrN2O/c1-19(15-8-3-2-4-9-15)11-10-16(20)18-14-7-5-6-13(17)12-14/h2-9,12H,10-11H2,1H3,(H,18,20). The van der Waals surface area contributed by atoms with Crippen molar-refractivity contribution in [1.82, 2.24) is 0 Å². The van der Waals surface area contributed by atoms with E-state index in [1.54, 1.807) is 0 Å². The summed E-state index contributed by atoms with van der Waals surface area (Å²) >= 11 is 3.39. The molecule has 0 saturated carbocycles. The third-order valence-electron chi connectivity index (χ3n) is 2.98.